The number of carbonyl (C=O) groups excluding carboxylic acids is 4. The van der Waals surface area contributed by atoms with Gasteiger partial charge in [-0.15, -0.1) is 0 Å². The summed E-state index contributed by atoms with van der Waals surface area (Å²) in [5.41, 5.74) is 5.32. The monoisotopic (exact) mass is 567 g/mol. The highest BCUT2D eigenvalue weighted by molar-refractivity contribution is 5.81. The lowest BCUT2D eigenvalue weighted by Crippen LogP contribution is -2.51. The Morgan fingerprint density at radius 3 is 1.85 bits per heavy atom. The molecule has 2 unspecified atom stereocenters. The first-order valence-electron chi connectivity index (χ1n) is 13.6. The highest BCUT2D eigenvalue weighted by atomic mass is 16.8. The lowest BCUT2D eigenvalue weighted by molar-refractivity contribution is -0.153. The van der Waals surface area contributed by atoms with E-state index in [4.69, 9.17) is 34.2 Å². The fourth-order valence-electron chi connectivity index (χ4n) is 3.10. The lowest BCUT2D eigenvalue weighted by Gasteiger charge is -2.27. The number of hydrogen-bond donors (Lipinski definition) is 1. The molecule has 2 N–H and O–H groups in total. The van der Waals surface area contributed by atoms with Crippen LogP contribution in [0.4, 0.5) is 9.59 Å². The van der Waals surface area contributed by atoms with Crippen LogP contribution in [0.5, 0.6) is 11.5 Å². The molecule has 1 rings (SSSR count). The van der Waals surface area contributed by atoms with Crippen molar-refractivity contribution in [1.82, 2.24) is 0 Å². The number of hydrogen-bond acceptors (Lipinski definition) is 11. The van der Waals surface area contributed by atoms with Crippen LogP contribution in [0.3, 0.4) is 0 Å². The molecule has 0 bridgehead atoms. The summed E-state index contributed by atoms with van der Waals surface area (Å²) in [6.07, 6.45) is -2.31. The number of carbonyl (C=O) groups is 4. The van der Waals surface area contributed by atoms with Gasteiger partial charge in [0.05, 0.1) is 19.6 Å². The van der Waals surface area contributed by atoms with Crippen molar-refractivity contribution < 1.29 is 47.6 Å². The highest BCUT2D eigenvalue weighted by Gasteiger charge is 2.36. The standard InChI is InChI=1S/C29H45NO10/c1-10-19(6)25(31)36-14-13-29(30,26(32)35-9)16-22-11-12-23(39-27(33)37-20(7)17(2)3)24(15-22)40-28(34)38-21(8)18(4)5/h11-12,15,17-21H,10,13-14,16,30H2,1-9H3/t19?,20-,21?,29+/m0/s1. The van der Waals surface area contributed by atoms with Crippen LogP contribution in [0, 0.1) is 17.8 Å². The highest BCUT2D eigenvalue weighted by Crippen LogP contribution is 2.32. The van der Waals surface area contributed by atoms with Crippen molar-refractivity contribution in [3.8, 4) is 11.5 Å². The Bertz CT molecular complexity index is 1010. The summed E-state index contributed by atoms with van der Waals surface area (Å²) >= 11 is 0. The molecule has 1 aromatic carbocycles. The minimum absolute atomic E-state index is 0.0242. The van der Waals surface area contributed by atoms with Gasteiger partial charge in [0.1, 0.15) is 17.7 Å². The van der Waals surface area contributed by atoms with Crippen molar-refractivity contribution in [2.45, 2.75) is 92.4 Å². The zero-order chi connectivity index (χ0) is 30.6. The molecular formula is C29H45NO10. The Balaban J connectivity index is 3.24. The lowest BCUT2D eigenvalue weighted by atomic mass is 9.88. The van der Waals surface area contributed by atoms with Crippen LogP contribution in [0.15, 0.2) is 18.2 Å². The van der Waals surface area contributed by atoms with Crippen LogP contribution in [0.2, 0.25) is 0 Å². The molecular weight excluding hydrogens is 522 g/mol. The third-order valence-electron chi connectivity index (χ3n) is 6.76. The van der Waals surface area contributed by atoms with Crippen molar-refractivity contribution in [3.05, 3.63) is 23.8 Å². The Hall–Kier alpha value is -3.34. The SMILES string of the molecule is CCC(C)C(=O)OCC[C@@](N)(Cc1ccc(OC(=O)O[C@@H](C)C(C)C)c(OC(=O)OC(C)C(C)C)c1)C(=O)OC. The maximum absolute atomic E-state index is 12.6. The summed E-state index contributed by atoms with van der Waals surface area (Å²) in [5.74, 6) is -1.53. The van der Waals surface area contributed by atoms with E-state index >= 15 is 0 Å². The molecule has 1 aromatic rings. The molecule has 0 heterocycles. The van der Waals surface area contributed by atoms with Crippen LogP contribution in [-0.2, 0) is 35.0 Å². The van der Waals surface area contributed by atoms with Gasteiger partial charge in [0.15, 0.2) is 11.5 Å². The molecule has 0 aliphatic carbocycles. The largest absolute Gasteiger partial charge is 0.514 e. The fraction of sp³-hybridized carbons (Fsp3) is 0.655. The molecule has 0 fully saturated rings. The molecule has 11 heteroatoms. The van der Waals surface area contributed by atoms with Gasteiger partial charge in [-0.2, -0.15) is 0 Å². The molecule has 226 valence electrons. The predicted octanol–water partition coefficient (Wildman–Crippen LogP) is 5.20. The smallest absolute Gasteiger partial charge is 0.468 e. The van der Waals surface area contributed by atoms with Gasteiger partial charge in [-0.1, -0.05) is 47.6 Å². The van der Waals surface area contributed by atoms with Gasteiger partial charge in [0, 0.05) is 12.8 Å². The number of methoxy groups -OCH3 is 1. The summed E-state index contributed by atoms with van der Waals surface area (Å²) in [6, 6.07) is 4.36. The number of esters is 2. The van der Waals surface area contributed by atoms with Gasteiger partial charge in [-0.05, 0) is 49.8 Å². The van der Waals surface area contributed by atoms with Gasteiger partial charge < -0.3 is 34.2 Å². The topological polar surface area (TPSA) is 150 Å². The van der Waals surface area contributed by atoms with Gasteiger partial charge >= 0.3 is 24.2 Å². The van der Waals surface area contributed by atoms with Crippen molar-refractivity contribution in [3.63, 3.8) is 0 Å². The second-order valence-electron chi connectivity index (χ2n) is 10.7. The first-order chi connectivity index (χ1) is 18.6. The van der Waals surface area contributed by atoms with Crippen LogP contribution in [0.1, 0.15) is 73.8 Å². The summed E-state index contributed by atoms with van der Waals surface area (Å²) in [5, 5.41) is 0. The molecule has 0 aromatic heterocycles. The fourth-order valence-corrected chi connectivity index (χ4v) is 3.10. The van der Waals surface area contributed by atoms with E-state index in [0.29, 0.717) is 12.0 Å². The maximum atomic E-state index is 12.6. The third kappa shape index (κ3) is 11.0. The van der Waals surface area contributed by atoms with Crippen LogP contribution >= 0.6 is 0 Å². The van der Waals surface area contributed by atoms with E-state index in [1.165, 1.54) is 19.2 Å². The Morgan fingerprint density at radius 2 is 1.38 bits per heavy atom. The van der Waals surface area contributed by atoms with E-state index in [9.17, 15) is 19.2 Å². The average Bonchev–Trinajstić information content (AvgIpc) is 2.88. The van der Waals surface area contributed by atoms with Crippen molar-refractivity contribution in [2.24, 2.45) is 23.5 Å². The molecule has 0 amide bonds. The minimum atomic E-state index is -1.57. The van der Waals surface area contributed by atoms with E-state index < -0.39 is 36.0 Å². The molecule has 11 nitrogen and oxygen atoms in total. The van der Waals surface area contributed by atoms with E-state index in [1.807, 2.05) is 34.6 Å². The molecule has 40 heavy (non-hydrogen) atoms. The number of benzene rings is 1. The normalized spacial score (nSPS) is 14.9. The molecule has 0 aliphatic heterocycles. The quantitative estimate of drug-likeness (QED) is 0.179. The molecule has 0 spiro atoms. The predicted molar refractivity (Wildman–Crippen MR) is 147 cm³/mol. The number of ether oxygens (including phenoxy) is 6. The first kappa shape index (κ1) is 34.7. The second-order valence-corrected chi connectivity index (χ2v) is 10.7. The van der Waals surface area contributed by atoms with Crippen molar-refractivity contribution in [1.29, 1.82) is 0 Å². The minimum Gasteiger partial charge on any atom is -0.468 e. The summed E-state index contributed by atoms with van der Waals surface area (Å²) in [6.45, 7) is 14.5. The number of nitrogens with two attached hydrogens (primary N) is 1. The molecule has 0 radical (unpaired) electrons. The van der Waals surface area contributed by atoms with Gasteiger partial charge in [-0.25, -0.2) is 9.59 Å². The van der Waals surface area contributed by atoms with Gasteiger partial charge in [0.2, 0.25) is 0 Å². The van der Waals surface area contributed by atoms with Gasteiger partial charge in [0.25, 0.3) is 0 Å². The molecule has 4 atom stereocenters. The van der Waals surface area contributed by atoms with Gasteiger partial charge in [-0.3, -0.25) is 9.59 Å². The molecule has 0 saturated heterocycles. The maximum Gasteiger partial charge on any atom is 0.514 e. The van der Waals surface area contributed by atoms with E-state index in [-0.39, 0.29) is 54.7 Å². The van der Waals surface area contributed by atoms with E-state index in [0.717, 1.165) is 0 Å². The Kier molecular flexibility index (Phi) is 13.9. The summed E-state index contributed by atoms with van der Waals surface area (Å²) in [7, 11) is 1.20. The van der Waals surface area contributed by atoms with Crippen molar-refractivity contribution in [2.75, 3.05) is 13.7 Å². The third-order valence-corrected chi connectivity index (χ3v) is 6.76. The summed E-state index contributed by atoms with van der Waals surface area (Å²) < 4.78 is 31.5. The van der Waals surface area contributed by atoms with E-state index in [2.05, 4.69) is 0 Å². The zero-order valence-corrected chi connectivity index (χ0v) is 25.1. The van der Waals surface area contributed by atoms with Crippen molar-refractivity contribution >= 4 is 24.2 Å². The van der Waals surface area contributed by atoms with Crippen LogP contribution in [-0.4, -0.2) is 55.7 Å². The van der Waals surface area contributed by atoms with E-state index in [1.54, 1.807) is 26.8 Å². The average molecular weight is 568 g/mol. The van der Waals surface area contributed by atoms with Crippen LogP contribution in [0.25, 0.3) is 0 Å². The summed E-state index contributed by atoms with van der Waals surface area (Å²) in [4.78, 5) is 49.6. The molecule has 0 aliphatic rings. The Morgan fingerprint density at radius 1 is 0.850 bits per heavy atom. The molecule has 0 saturated carbocycles. The van der Waals surface area contributed by atoms with Crippen LogP contribution < -0.4 is 15.2 Å². The Labute approximate surface area is 236 Å². The zero-order valence-electron chi connectivity index (χ0n) is 25.1. The number of rotatable bonds is 14. The first-order valence-corrected chi connectivity index (χ1v) is 13.6. The second kappa shape index (κ2) is 16.1.